The molecule has 3 aromatic carbocycles. The van der Waals surface area contributed by atoms with Crippen LogP contribution in [0.15, 0.2) is 72.8 Å². The van der Waals surface area contributed by atoms with Crippen molar-refractivity contribution in [2.24, 2.45) is 0 Å². The molecule has 0 radical (unpaired) electrons. The van der Waals surface area contributed by atoms with Crippen LogP contribution in [0.1, 0.15) is 42.4 Å². The number of anilines is 1. The van der Waals surface area contributed by atoms with Gasteiger partial charge in [0.2, 0.25) is 21.8 Å². The fourth-order valence-corrected chi connectivity index (χ4v) is 6.25. The predicted molar refractivity (Wildman–Crippen MR) is 168 cm³/mol. The predicted octanol–water partition coefficient (Wildman–Crippen LogP) is 4.48. The van der Waals surface area contributed by atoms with Crippen molar-refractivity contribution >= 4 is 27.5 Å². The Kier molecular flexibility index (Phi) is 10.7. The van der Waals surface area contributed by atoms with Crippen molar-refractivity contribution in [2.45, 2.75) is 57.7 Å². The molecular weight excluding hydrogens is 566 g/mol. The van der Waals surface area contributed by atoms with E-state index in [0.717, 1.165) is 52.9 Å². The van der Waals surface area contributed by atoms with E-state index in [1.54, 1.807) is 12.1 Å². The zero-order valence-corrected chi connectivity index (χ0v) is 26.1. The minimum atomic E-state index is -3.90. The number of ether oxygens (including phenoxy) is 2. The molecule has 1 unspecified atom stereocenters. The number of hydrogen-bond acceptors (Lipinski definition) is 6. The van der Waals surface area contributed by atoms with Gasteiger partial charge in [0.25, 0.3) is 0 Å². The monoisotopic (exact) mass is 607 g/mol. The van der Waals surface area contributed by atoms with Crippen LogP contribution >= 0.6 is 0 Å². The van der Waals surface area contributed by atoms with Crippen LogP contribution in [0.25, 0.3) is 0 Å². The molecule has 1 fully saturated rings. The van der Waals surface area contributed by atoms with Crippen LogP contribution in [0, 0.1) is 6.92 Å². The molecule has 0 heterocycles. The van der Waals surface area contributed by atoms with Gasteiger partial charge in [0.1, 0.15) is 12.6 Å². The van der Waals surface area contributed by atoms with Crippen molar-refractivity contribution in [3.05, 3.63) is 89.5 Å². The summed E-state index contributed by atoms with van der Waals surface area (Å²) < 4.78 is 37.9. The third kappa shape index (κ3) is 8.50. The Morgan fingerprint density at radius 3 is 2.16 bits per heavy atom. The molecular formula is C33H41N3O6S. The number of sulfonamides is 1. The quantitative estimate of drug-likeness (QED) is 0.307. The lowest BCUT2D eigenvalue weighted by molar-refractivity contribution is -0.140. The molecule has 2 amide bonds. The third-order valence-corrected chi connectivity index (χ3v) is 8.92. The van der Waals surface area contributed by atoms with Gasteiger partial charge in [-0.3, -0.25) is 13.9 Å². The van der Waals surface area contributed by atoms with Gasteiger partial charge in [-0.05, 0) is 43.0 Å². The molecule has 1 atom stereocenters. The molecule has 0 spiro atoms. The van der Waals surface area contributed by atoms with E-state index in [9.17, 15) is 18.0 Å². The van der Waals surface area contributed by atoms with E-state index in [4.69, 9.17) is 9.47 Å². The number of aryl methyl sites for hydroxylation is 1. The third-order valence-electron chi connectivity index (χ3n) is 7.78. The first-order valence-electron chi connectivity index (χ1n) is 14.5. The Balaban J connectivity index is 1.73. The highest BCUT2D eigenvalue weighted by Crippen LogP contribution is 2.32. The van der Waals surface area contributed by atoms with Gasteiger partial charge in [-0.1, -0.05) is 73.0 Å². The number of rotatable bonds is 13. The summed E-state index contributed by atoms with van der Waals surface area (Å²) in [6, 6.07) is 21.2. The van der Waals surface area contributed by atoms with Gasteiger partial charge in [0.15, 0.2) is 11.5 Å². The summed E-state index contributed by atoms with van der Waals surface area (Å²) in [4.78, 5) is 29.7. The molecule has 0 bridgehead atoms. The Hall–Kier alpha value is -4.05. The summed E-state index contributed by atoms with van der Waals surface area (Å²) in [6.45, 7) is 1.62. The minimum Gasteiger partial charge on any atom is -0.493 e. The van der Waals surface area contributed by atoms with Gasteiger partial charge in [-0.25, -0.2) is 8.42 Å². The van der Waals surface area contributed by atoms with E-state index >= 15 is 0 Å². The number of amides is 2. The SMILES string of the molecule is COc1ccc(N(CC(=O)N(Cc2ccc(C)cc2)C(Cc2ccccc2)C(=O)NC2CCCC2)S(C)(=O)=O)cc1OC. The highest BCUT2D eigenvalue weighted by molar-refractivity contribution is 7.92. The zero-order chi connectivity index (χ0) is 31.0. The first-order valence-corrected chi connectivity index (χ1v) is 16.3. The molecule has 0 aliphatic heterocycles. The van der Waals surface area contributed by atoms with E-state index in [1.807, 2.05) is 61.5 Å². The number of methoxy groups -OCH3 is 2. The Labute approximate surface area is 254 Å². The van der Waals surface area contributed by atoms with Crippen molar-refractivity contribution < 1.29 is 27.5 Å². The van der Waals surface area contributed by atoms with E-state index in [2.05, 4.69) is 5.32 Å². The first-order chi connectivity index (χ1) is 20.6. The lowest BCUT2D eigenvalue weighted by Crippen LogP contribution is -2.54. The average molecular weight is 608 g/mol. The molecule has 0 aromatic heterocycles. The molecule has 4 rings (SSSR count). The van der Waals surface area contributed by atoms with E-state index in [0.29, 0.717) is 11.5 Å². The number of hydrogen-bond donors (Lipinski definition) is 1. The van der Waals surface area contributed by atoms with Crippen LogP contribution in [0.5, 0.6) is 11.5 Å². The van der Waals surface area contributed by atoms with Gasteiger partial charge in [0, 0.05) is 25.1 Å². The lowest BCUT2D eigenvalue weighted by Gasteiger charge is -2.34. The maximum atomic E-state index is 14.3. The zero-order valence-electron chi connectivity index (χ0n) is 25.3. The van der Waals surface area contributed by atoms with Gasteiger partial charge in [-0.2, -0.15) is 0 Å². The van der Waals surface area contributed by atoms with Crippen molar-refractivity contribution in [1.82, 2.24) is 10.2 Å². The molecule has 1 aliphatic rings. The van der Waals surface area contributed by atoms with Crippen molar-refractivity contribution in [1.29, 1.82) is 0 Å². The second kappa shape index (κ2) is 14.4. The molecule has 1 aliphatic carbocycles. The second-order valence-corrected chi connectivity index (χ2v) is 12.9. The maximum absolute atomic E-state index is 14.3. The van der Waals surface area contributed by atoms with Gasteiger partial charge in [-0.15, -0.1) is 0 Å². The summed E-state index contributed by atoms with van der Waals surface area (Å²) in [5.74, 6) is 0.0190. The van der Waals surface area contributed by atoms with Crippen LogP contribution in [0.3, 0.4) is 0 Å². The number of carbonyl (C=O) groups excluding carboxylic acids is 2. The second-order valence-electron chi connectivity index (χ2n) is 11.0. The van der Waals surface area contributed by atoms with Crippen LogP contribution < -0.4 is 19.1 Å². The largest absolute Gasteiger partial charge is 0.493 e. The van der Waals surface area contributed by atoms with Crippen LogP contribution in [-0.2, 0) is 32.6 Å². The van der Waals surface area contributed by atoms with E-state index in [1.165, 1.54) is 25.2 Å². The van der Waals surface area contributed by atoms with Crippen LogP contribution in [-0.4, -0.2) is 64.2 Å². The summed E-state index contributed by atoms with van der Waals surface area (Å²) >= 11 is 0. The molecule has 9 nitrogen and oxygen atoms in total. The van der Waals surface area contributed by atoms with Crippen molar-refractivity contribution in [2.75, 3.05) is 31.3 Å². The lowest BCUT2D eigenvalue weighted by atomic mass is 10.0. The highest BCUT2D eigenvalue weighted by Gasteiger charge is 2.34. The molecule has 43 heavy (non-hydrogen) atoms. The standard InChI is InChI=1S/C33H41N3O6S/c1-24-14-16-26(17-15-24)22-35(29(20-25-10-6-5-7-11-25)33(38)34-27-12-8-9-13-27)32(37)23-36(43(4,39)40)28-18-19-30(41-2)31(21-28)42-3/h5-7,10-11,14-19,21,27,29H,8-9,12-13,20,22-23H2,1-4H3,(H,34,38). The topological polar surface area (TPSA) is 105 Å². The van der Waals surface area contributed by atoms with Gasteiger partial charge >= 0.3 is 0 Å². The van der Waals surface area contributed by atoms with Gasteiger partial charge < -0.3 is 19.7 Å². The normalized spacial score (nSPS) is 14.1. The number of carbonyl (C=O) groups is 2. The number of nitrogens with one attached hydrogen (secondary N) is 1. The summed E-state index contributed by atoms with van der Waals surface area (Å²) in [5, 5.41) is 3.18. The number of nitrogens with zero attached hydrogens (tertiary/aromatic N) is 2. The highest BCUT2D eigenvalue weighted by atomic mass is 32.2. The first kappa shape index (κ1) is 31.9. The van der Waals surface area contributed by atoms with Crippen molar-refractivity contribution in [3.63, 3.8) is 0 Å². The number of benzene rings is 3. The maximum Gasteiger partial charge on any atom is 0.244 e. The van der Waals surface area contributed by atoms with E-state index < -0.39 is 28.5 Å². The molecule has 3 aromatic rings. The van der Waals surface area contributed by atoms with E-state index in [-0.39, 0.29) is 30.6 Å². The Morgan fingerprint density at radius 2 is 1.56 bits per heavy atom. The Morgan fingerprint density at radius 1 is 0.907 bits per heavy atom. The van der Waals surface area contributed by atoms with Crippen LogP contribution in [0.4, 0.5) is 5.69 Å². The smallest absolute Gasteiger partial charge is 0.244 e. The average Bonchev–Trinajstić information content (AvgIpc) is 3.51. The molecule has 0 saturated heterocycles. The van der Waals surface area contributed by atoms with Crippen LogP contribution in [0.2, 0.25) is 0 Å². The molecule has 10 heteroatoms. The molecule has 230 valence electrons. The summed E-state index contributed by atoms with van der Waals surface area (Å²) in [5.41, 5.74) is 3.05. The fourth-order valence-electron chi connectivity index (χ4n) is 5.41. The minimum absolute atomic E-state index is 0.0568. The summed E-state index contributed by atoms with van der Waals surface area (Å²) in [6.07, 6.45) is 5.24. The molecule has 1 N–H and O–H groups in total. The van der Waals surface area contributed by atoms with Crippen molar-refractivity contribution in [3.8, 4) is 11.5 Å². The summed E-state index contributed by atoms with van der Waals surface area (Å²) in [7, 11) is -0.960. The Bertz CT molecular complexity index is 1490. The van der Waals surface area contributed by atoms with Gasteiger partial charge in [0.05, 0.1) is 26.2 Å². The fraction of sp³-hybridized carbons (Fsp3) is 0.394. The molecule has 1 saturated carbocycles.